The van der Waals surface area contributed by atoms with E-state index >= 15 is 0 Å². The average molecular weight is 907 g/mol. The van der Waals surface area contributed by atoms with Crippen LogP contribution in [0.25, 0.3) is 10.2 Å². The van der Waals surface area contributed by atoms with E-state index in [4.69, 9.17) is 23.7 Å². The molecule has 2 unspecified atom stereocenters. The molecule has 18 nitrogen and oxygen atoms in total. The molecule has 0 saturated carbocycles. The molecule has 3 aliphatic rings. The van der Waals surface area contributed by atoms with E-state index < -0.39 is 30.6 Å². The minimum atomic E-state index is -0.911. The van der Waals surface area contributed by atoms with Crippen molar-refractivity contribution < 1.29 is 47.7 Å². The van der Waals surface area contributed by atoms with Gasteiger partial charge >= 0.3 is 6.09 Å². The Balaban J connectivity index is 0.906. The molecule has 19 heteroatoms. The first-order chi connectivity index (χ1) is 31.6. The maximum Gasteiger partial charge on any atom is 0.416 e. The average Bonchev–Trinajstić information content (AvgIpc) is 3.88. The number of fused-ring (bicyclic) bond motifs is 3. The van der Waals surface area contributed by atoms with Gasteiger partial charge in [-0.1, -0.05) is 42.2 Å². The molecule has 65 heavy (non-hydrogen) atoms. The number of benzene rings is 3. The smallest absolute Gasteiger partial charge is 0.416 e. The number of aryl methyl sites for hydroxylation is 1. The molecular weight excluding hydrogens is 857 g/mol. The zero-order valence-electron chi connectivity index (χ0n) is 36.1. The van der Waals surface area contributed by atoms with Crippen molar-refractivity contribution in [2.75, 3.05) is 54.3 Å². The SMILES string of the molecule is C=CCOC(=O)N1c2cc(OCCCC(=O)Nc3cn(C)c(C(=O)Nc4nc5cc(C(=O)Nc6ccccc6)ccc5s4)n3)c(OC)cc2C(=O)N2CCCC[C@H]2C1OC1CCCCO1. The van der Waals surface area contributed by atoms with Gasteiger partial charge in [0.15, 0.2) is 35.0 Å². The zero-order valence-corrected chi connectivity index (χ0v) is 36.9. The number of anilines is 4. The second-order valence-electron chi connectivity index (χ2n) is 15.7. The Morgan fingerprint density at radius 1 is 0.954 bits per heavy atom. The van der Waals surface area contributed by atoms with E-state index in [9.17, 15) is 24.0 Å². The molecule has 0 aliphatic carbocycles. The van der Waals surface area contributed by atoms with Gasteiger partial charge in [0, 0.05) is 50.1 Å². The lowest BCUT2D eigenvalue weighted by Gasteiger charge is -2.42. The summed E-state index contributed by atoms with van der Waals surface area (Å²) in [4.78, 5) is 79.4. The fraction of sp³-hybridized carbons (Fsp3) is 0.370. The number of piperidine rings is 1. The number of aromatic nitrogens is 3. The van der Waals surface area contributed by atoms with E-state index in [1.54, 1.807) is 54.4 Å². The van der Waals surface area contributed by atoms with Gasteiger partial charge in [-0.05, 0) is 81.3 Å². The number of imidazole rings is 1. The molecule has 2 saturated heterocycles. The van der Waals surface area contributed by atoms with Crippen LogP contribution in [0.5, 0.6) is 11.5 Å². The standard InChI is InChI=1S/C46H50N8O10S/c1-4-21-63-46(59)54-33-26-35(34(60-3)25-30(33)43(58)53-20-10-8-15-32(53)44(54)64-39-17-9-11-22-62-39)61-23-12-16-38(55)49-37-27-52(2)40(50-37)42(57)51-45-48-31-24-28(18-19-36(31)65-45)41(56)47-29-13-6-5-7-14-29/h4-7,13-14,18-19,24-27,32,39,44H,1,8-12,15-17,20-23H2,2-3H3,(H,47,56)(H,49,55)(H,48,51,57)/t32-,39?,44?/m0/s1. The number of methoxy groups -OCH3 is 1. The molecule has 5 aromatic rings. The highest BCUT2D eigenvalue weighted by molar-refractivity contribution is 7.22. The quantitative estimate of drug-likeness (QED) is 0.0697. The van der Waals surface area contributed by atoms with E-state index in [0.717, 1.165) is 30.4 Å². The monoisotopic (exact) mass is 906 g/mol. The predicted molar refractivity (Wildman–Crippen MR) is 243 cm³/mol. The fourth-order valence-electron chi connectivity index (χ4n) is 8.05. The van der Waals surface area contributed by atoms with E-state index in [1.807, 2.05) is 18.2 Å². The van der Waals surface area contributed by atoms with Crippen LogP contribution >= 0.6 is 11.3 Å². The topological polar surface area (TPSA) is 205 Å². The number of thiazole rings is 1. The van der Waals surface area contributed by atoms with Crippen LogP contribution in [0.2, 0.25) is 0 Å². The predicted octanol–water partition coefficient (Wildman–Crippen LogP) is 7.35. The van der Waals surface area contributed by atoms with Gasteiger partial charge in [0.25, 0.3) is 17.7 Å². The summed E-state index contributed by atoms with van der Waals surface area (Å²) in [6, 6.07) is 16.9. The lowest BCUT2D eigenvalue weighted by Crippen LogP contribution is -2.57. The van der Waals surface area contributed by atoms with Crippen molar-refractivity contribution in [1.82, 2.24) is 19.4 Å². The highest BCUT2D eigenvalue weighted by Gasteiger charge is 2.47. The summed E-state index contributed by atoms with van der Waals surface area (Å²) in [6.07, 6.45) is 5.83. The Bertz CT molecular complexity index is 2570. The minimum Gasteiger partial charge on any atom is -0.493 e. The molecule has 3 atom stereocenters. The van der Waals surface area contributed by atoms with Gasteiger partial charge in [-0.3, -0.25) is 24.5 Å². The van der Waals surface area contributed by atoms with E-state index in [-0.39, 0.29) is 78.2 Å². The van der Waals surface area contributed by atoms with Crippen molar-refractivity contribution >= 4 is 73.6 Å². The Morgan fingerprint density at radius 2 is 1.78 bits per heavy atom. The lowest BCUT2D eigenvalue weighted by molar-refractivity contribution is -0.198. The number of hydrogen-bond donors (Lipinski definition) is 3. The number of nitrogens with one attached hydrogen (secondary N) is 3. The first-order valence-electron chi connectivity index (χ1n) is 21.5. The van der Waals surface area contributed by atoms with Gasteiger partial charge in [-0.15, -0.1) is 0 Å². The van der Waals surface area contributed by atoms with Gasteiger partial charge in [0.1, 0.15) is 6.61 Å². The summed E-state index contributed by atoms with van der Waals surface area (Å²) in [6.45, 7) is 4.72. The summed E-state index contributed by atoms with van der Waals surface area (Å²) in [5.74, 6) is -0.728. The summed E-state index contributed by atoms with van der Waals surface area (Å²) >= 11 is 1.25. The van der Waals surface area contributed by atoms with E-state index in [2.05, 4.69) is 32.5 Å². The van der Waals surface area contributed by atoms with Crippen molar-refractivity contribution in [3.8, 4) is 11.5 Å². The molecule has 3 aromatic carbocycles. The number of para-hydroxylation sites is 1. The van der Waals surface area contributed by atoms with Crippen LogP contribution in [0.4, 0.5) is 27.1 Å². The summed E-state index contributed by atoms with van der Waals surface area (Å²) in [7, 11) is 3.09. The number of nitrogens with zero attached hydrogens (tertiary/aromatic N) is 5. The number of amides is 5. The summed E-state index contributed by atoms with van der Waals surface area (Å²) in [5, 5.41) is 8.67. The Morgan fingerprint density at radius 3 is 2.57 bits per heavy atom. The van der Waals surface area contributed by atoms with Crippen molar-refractivity contribution in [3.05, 3.63) is 96.5 Å². The largest absolute Gasteiger partial charge is 0.493 e. The molecule has 3 aliphatic heterocycles. The molecule has 8 rings (SSSR count). The van der Waals surface area contributed by atoms with Gasteiger partial charge < -0.3 is 43.8 Å². The number of carbonyl (C=O) groups is 5. The van der Waals surface area contributed by atoms with Gasteiger partial charge in [-0.25, -0.2) is 19.7 Å². The van der Waals surface area contributed by atoms with Gasteiger partial charge in [0.05, 0.1) is 41.2 Å². The number of carbonyl (C=O) groups excluding carboxylic acids is 5. The molecule has 3 N–H and O–H groups in total. The van der Waals surface area contributed by atoms with E-state index in [0.29, 0.717) is 47.9 Å². The summed E-state index contributed by atoms with van der Waals surface area (Å²) < 4.78 is 32.2. The molecule has 0 bridgehead atoms. The van der Waals surface area contributed by atoms with Crippen LogP contribution in [0.15, 0.2) is 79.5 Å². The highest BCUT2D eigenvalue weighted by atomic mass is 32.1. The molecule has 0 spiro atoms. The van der Waals surface area contributed by atoms with Crippen LogP contribution in [0.3, 0.4) is 0 Å². The fourth-order valence-corrected chi connectivity index (χ4v) is 8.89. The van der Waals surface area contributed by atoms with Crippen molar-refractivity contribution in [2.24, 2.45) is 7.05 Å². The van der Waals surface area contributed by atoms with Crippen LogP contribution in [-0.2, 0) is 26.1 Å². The first-order valence-corrected chi connectivity index (χ1v) is 22.3. The maximum absolute atomic E-state index is 14.3. The van der Waals surface area contributed by atoms with Crippen LogP contribution < -0.4 is 30.3 Å². The second-order valence-corrected chi connectivity index (χ2v) is 16.7. The van der Waals surface area contributed by atoms with Crippen molar-refractivity contribution in [2.45, 2.75) is 69.9 Å². The molecule has 5 amide bonds. The minimum absolute atomic E-state index is 0.0366. The number of rotatable bonds is 15. The third-order valence-corrected chi connectivity index (χ3v) is 12.1. The molecule has 0 radical (unpaired) electrons. The van der Waals surface area contributed by atoms with Gasteiger partial charge in [0.2, 0.25) is 11.7 Å². The van der Waals surface area contributed by atoms with Gasteiger partial charge in [-0.2, -0.15) is 0 Å². The van der Waals surface area contributed by atoms with Crippen LogP contribution in [-0.4, -0.2) is 101 Å². The van der Waals surface area contributed by atoms with Crippen molar-refractivity contribution in [1.29, 1.82) is 0 Å². The Hall–Kier alpha value is -6.83. The van der Waals surface area contributed by atoms with Crippen molar-refractivity contribution in [3.63, 3.8) is 0 Å². The molecule has 2 aromatic heterocycles. The Kier molecular flexibility index (Phi) is 14.0. The molecule has 2 fully saturated rings. The molecule has 5 heterocycles. The Labute approximate surface area is 378 Å². The lowest BCUT2D eigenvalue weighted by atomic mass is 10.00. The summed E-state index contributed by atoms with van der Waals surface area (Å²) in [5.41, 5.74) is 2.10. The van der Waals surface area contributed by atoms with Crippen LogP contribution in [0, 0.1) is 0 Å². The third kappa shape index (κ3) is 10.3. The maximum atomic E-state index is 14.3. The van der Waals surface area contributed by atoms with E-state index in [1.165, 1.54) is 40.2 Å². The number of hydrogen-bond acceptors (Lipinski definition) is 13. The molecule has 340 valence electrons. The zero-order chi connectivity index (χ0) is 45.5. The first kappa shape index (κ1) is 44.8. The number of ether oxygens (including phenoxy) is 5. The molecular formula is C46H50N8O10S. The highest BCUT2D eigenvalue weighted by Crippen LogP contribution is 2.42. The second kappa shape index (κ2) is 20.3. The third-order valence-electron chi connectivity index (χ3n) is 11.2. The van der Waals surface area contributed by atoms with Crippen LogP contribution in [0.1, 0.15) is 82.7 Å². The normalized spacial score (nSPS) is 18.2.